The van der Waals surface area contributed by atoms with Crippen molar-refractivity contribution in [3.63, 3.8) is 0 Å². The zero-order chi connectivity index (χ0) is 20.3. The van der Waals surface area contributed by atoms with Crippen molar-refractivity contribution in [1.82, 2.24) is 14.7 Å². The molecule has 0 saturated carbocycles. The Hall–Kier alpha value is -2.43. The van der Waals surface area contributed by atoms with Gasteiger partial charge in [-0.15, -0.1) is 5.92 Å². The maximum Gasteiger partial charge on any atom is 0.329 e. The van der Waals surface area contributed by atoms with Crippen LogP contribution in [0.5, 0.6) is 0 Å². The molecular formula is C21H27FN4O2. The lowest BCUT2D eigenvalue weighted by atomic mass is 10.0. The highest BCUT2D eigenvalue weighted by Crippen LogP contribution is 2.25. The number of hydrogen-bond acceptors (Lipinski definition) is 4. The van der Waals surface area contributed by atoms with Crippen LogP contribution in [0, 0.1) is 24.6 Å². The van der Waals surface area contributed by atoms with E-state index in [-0.39, 0.29) is 49.5 Å². The van der Waals surface area contributed by atoms with Crippen molar-refractivity contribution in [2.75, 3.05) is 19.6 Å². The Morgan fingerprint density at radius 2 is 2.11 bits per heavy atom. The van der Waals surface area contributed by atoms with Crippen LogP contribution in [0.4, 0.5) is 9.18 Å². The summed E-state index contributed by atoms with van der Waals surface area (Å²) in [6.07, 6.45) is 1.75. The van der Waals surface area contributed by atoms with Gasteiger partial charge in [0.1, 0.15) is 5.82 Å². The molecule has 2 aliphatic rings. The Morgan fingerprint density at radius 3 is 2.82 bits per heavy atom. The summed E-state index contributed by atoms with van der Waals surface area (Å²) in [5.41, 5.74) is 7.18. The second kappa shape index (κ2) is 8.72. The van der Waals surface area contributed by atoms with E-state index in [1.54, 1.807) is 30.9 Å². The predicted molar refractivity (Wildman–Crippen MR) is 104 cm³/mol. The Bertz CT molecular complexity index is 816. The number of nitrogens with two attached hydrogens (primary N) is 1. The normalized spacial score (nSPS) is 23.6. The molecule has 1 aromatic carbocycles. The smallest absolute Gasteiger partial charge is 0.327 e. The van der Waals surface area contributed by atoms with Gasteiger partial charge in [-0.2, -0.15) is 0 Å². The molecule has 0 aromatic heterocycles. The number of piperidine rings is 1. The lowest BCUT2D eigenvalue weighted by molar-refractivity contribution is -0.136. The number of amides is 3. The topological polar surface area (TPSA) is 69.9 Å². The van der Waals surface area contributed by atoms with Crippen LogP contribution >= 0.6 is 0 Å². The monoisotopic (exact) mass is 386 g/mol. The van der Waals surface area contributed by atoms with Gasteiger partial charge in [0.15, 0.2) is 0 Å². The summed E-state index contributed by atoms with van der Waals surface area (Å²) < 4.78 is 13.9. The van der Waals surface area contributed by atoms with Crippen LogP contribution < -0.4 is 5.73 Å². The first kappa shape index (κ1) is 20.3. The highest BCUT2D eigenvalue weighted by Gasteiger charge is 2.42. The van der Waals surface area contributed by atoms with Crippen molar-refractivity contribution < 1.29 is 14.0 Å². The predicted octanol–water partition coefficient (Wildman–Crippen LogP) is 2.06. The number of likely N-dealkylation sites (tertiary alicyclic amines) is 1. The van der Waals surface area contributed by atoms with Crippen LogP contribution in [0.3, 0.4) is 0 Å². The van der Waals surface area contributed by atoms with E-state index in [9.17, 15) is 14.0 Å². The number of halogens is 1. The summed E-state index contributed by atoms with van der Waals surface area (Å²) in [6.45, 7) is 5.14. The molecule has 1 unspecified atom stereocenters. The van der Waals surface area contributed by atoms with Crippen molar-refractivity contribution in [2.24, 2.45) is 5.73 Å². The van der Waals surface area contributed by atoms with Crippen molar-refractivity contribution in [3.8, 4) is 11.8 Å². The van der Waals surface area contributed by atoms with E-state index in [1.807, 2.05) is 0 Å². The summed E-state index contributed by atoms with van der Waals surface area (Å²) in [5.74, 6) is 5.17. The fraction of sp³-hybridized carbons (Fsp3) is 0.524. The molecule has 2 atom stereocenters. The minimum atomic E-state index is -0.383. The molecule has 2 saturated heterocycles. The molecule has 0 spiro atoms. The van der Waals surface area contributed by atoms with Gasteiger partial charge in [0, 0.05) is 19.1 Å². The van der Waals surface area contributed by atoms with Crippen LogP contribution in [0.25, 0.3) is 0 Å². The van der Waals surface area contributed by atoms with E-state index in [0.717, 1.165) is 19.4 Å². The SMILES string of the molecule is CC#CCN1C(=O)N(Cc2cccc(F)c2C)C(=O)CC1N1CCC[C@@H](N)C1. The number of nitrogens with zero attached hydrogens (tertiary/aromatic N) is 3. The molecule has 2 fully saturated rings. The van der Waals surface area contributed by atoms with E-state index in [4.69, 9.17) is 5.73 Å². The molecule has 3 amide bonds. The molecule has 3 rings (SSSR count). The highest BCUT2D eigenvalue weighted by molar-refractivity contribution is 5.97. The first-order chi connectivity index (χ1) is 13.4. The van der Waals surface area contributed by atoms with Gasteiger partial charge >= 0.3 is 6.03 Å². The standard InChI is InChI=1S/C21H27FN4O2/c1-3-4-11-25-19(24-10-6-8-17(23)14-24)12-20(27)26(21(25)28)13-16-7-5-9-18(22)15(16)2/h5,7,9,17,19H,6,8,10-14,23H2,1-2H3/t17-,19?/m1/s1. The van der Waals surface area contributed by atoms with Gasteiger partial charge < -0.3 is 5.73 Å². The Labute approximate surface area is 165 Å². The largest absolute Gasteiger partial charge is 0.329 e. The van der Waals surface area contributed by atoms with Crippen LogP contribution in [0.15, 0.2) is 18.2 Å². The molecule has 1 aromatic rings. The lowest BCUT2D eigenvalue weighted by Crippen LogP contribution is -2.63. The van der Waals surface area contributed by atoms with Crippen molar-refractivity contribution in [2.45, 2.75) is 51.9 Å². The second-order valence-corrected chi connectivity index (χ2v) is 7.42. The van der Waals surface area contributed by atoms with Gasteiger partial charge in [-0.05, 0) is 43.9 Å². The van der Waals surface area contributed by atoms with Gasteiger partial charge in [0.25, 0.3) is 0 Å². The maximum atomic E-state index is 13.9. The molecule has 2 N–H and O–H groups in total. The summed E-state index contributed by atoms with van der Waals surface area (Å²) in [7, 11) is 0. The summed E-state index contributed by atoms with van der Waals surface area (Å²) in [6, 6.07) is 4.37. The fourth-order valence-electron chi connectivity index (χ4n) is 3.89. The van der Waals surface area contributed by atoms with Gasteiger partial charge in [-0.25, -0.2) is 9.18 Å². The van der Waals surface area contributed by atoms with E-state index in [0.29, 0.717) is 17.7 Å². The van der Waals surface area contributed by atoms with Crippen LogP contribution in [-0.2, 0) is 11.3 Å². The number of carbonyl (C=O) groups is 2. The van der Waals surface area contributed by atoms with Crippen molar-refractivity contribution in [3.05, 3.63) is 35.1 Å². The summed E-state index contributed by atoms with van der Waals surface area (Å²) in [5, 5.41) is 0. The average Bonchev–Trinajstić information content (AvgIpc) is 2.67. The zero-order valence-corrected chi connectivity index (χ0v) is 16.4. The molecule has 28 heavy (non-hydrogen) atoms. The minimum Gasteiger partial charge on any atom is -0.327 e. The second-order valence-electron chi connectivity index (χ2n) is 7.42. The number of benzene rings is 1. The minimum absolute atomic E-state index is 0.0473. The number of urea groups is 1. The van der Waals surface area contributed by atoms with E-state index in [1.165, 1.54) is 11.0 Å². The highest BCUT2D eigenvalue weighted by atomic mass is 19.1. The first-order valence-electron chi connectivity index (χ1n) is 9.66. The van der Waals surface area contributed by atoms with Crippen molar-refractivity contribution in [1.29, 1.82) is 0 Å². The molecule has 2 heterocycles. The third-order valence-corrected chi connectivity index (χ3v) is 5.54. The Kier molecular flexibility index (Phi) is 6.32. The van der Waals surface area contributed by atoms with Crippen LogP contribution in [0.1, 0.15) is 37.3 Å². The van der Waals surface area contributed by atoms with E-state index >= 15 is 0 Å². The van der Waals surface area contributed by atoms with Crippen molar-refractivity contribution >= 4 is 11.9 Å². The molecule has 0 aliphatic carbocycles. The first-order valence-corrected chi connectivity index (χ1v) is 9.66. The molecule has 0 radical (unpaired) electrons. The number of rotatable bonds is 4. The Morgan fingerprint density at radius 1 is 1.32 bits per heavy atom. The van der Waals surface area contributed by atoms with Gasteiger partial charge in [-0.1, -0.05) is 18.1 Å². The summed E-state index contributed by atoms with van der Waals surface area (Å²) >= 11 is 0. The number of imide groups is 1. The lowest BCUT2D eigenvalue weighted by Gasteiger charge is -2.46. The van der Waals surface area contributed by atoms with Gasteiger partial charge in [-0.3, -0.25) is 19.5 Å². The maximum absolute atomic E-state index is 13.9. The molecular weight excluding hydrogens is 359 g/mol. The third kappa shape index (κ3) is 4.18. The summed E-state index contributed by atoms with van der Waals surface area (Å²) in [4.78, 5) is 31.0. The van der Waals surface area contributed by atoms with Crippen LogP contribution in [0.2, 0.25) is 0 Å². The molecule has 2 aliphatic heterocycles. The zero-order valence-electron chi connectivity index (χ0n) is 16.4. The van der Waals surface area contributed by atoms with Crippen LogP contribution in [-0.4, -0.2) is 58.5 Å². The fourth-order valence-corrected chi connectivity index (χ4v) is 3.89. The average molecular weight is 386 g/mol. The molecule has 7 heteroatoms. The van der Waals surface area contributed by atoms with Gasteiger partial charge in [0.2, 0.25) is 5.91 Å². The Balaban J connectivity index is 1.84. The molecule has 150 valence electrons. The number of carbonyl (C=O) groups excluding carboxylic acids is 2. The van der Waals surface area contributed by atoms with E-state index < -0.39 is 0 Å². The molecule has 0 bridgehead atoms. The third-order valence-electron chi connectivity index (χ3n) is 5.54. The quantitative estimate of drug-likeness (QED) is 0.805. The number of hydrogen-bond donors (Lipinski definition) is 1. The van der Waals surface area contributed by atoms with E-state index in [2.05, 4.69) is 16.7 Å². The van der Waals surface area contributed by atoms with Gasteiger partial charge in [0.05, 0.1) is 25.7 Å². The molecule has 6 nitrogen and oxygen atoms in total.